The van der Waals surface area contributed by atoms with E-state index in [9.17, 15) is 9.59 Å². The SMILES string of the molecule is O=C1CC(N2CCC(c3nc4ccccc4o3)CC2)C(=O)N1c1ccc(Oc2ccccc2)cc1. The number of likely N-dealkylation sites (tertiary alicyclic amines) is 1. The highest BCUT2D eigenvalue weighted by Crippen LogP contribution is 2.34. The molecule has 0 bridgehead atoms. The number of aromatic nitrogens is 1. The molecule has 1 atom stereocenters. The van der Waals surface area contributed by atoms with E-state index in [0.29, 0.717) is 11.4 Å². The Morgan fingerprint density at radius 2 is 1.51 bits per heavy atom. The number of para-hydroxylation sites is 3. The van der Waals surface area contributed by atoms with Gasteiger partial charge < -0.3 is 9.15 Å². The molecule has 0 N–H and O–H groups in total. The average Bonchev–Trinajstić information content (AvgIpc) is 3.46. The van der Waals surface area contributed by atoms with E-state index < -0.39 is 6.04 Å². The molecule has 7 nitrogen and oxygen atoms in total. The number of imide groups is 1. The summed E-state index contributed by atoms with van der Waals surface area (Å²) in [6, 6.07) is 23.9. The molecule has 2 aliphatic rings. The lowest BCUT2D eigenvalue weighted by molar-refractivity contribution is -0.123. The van der Waals surface area contributed by atoms with E-state index in [1.807, 2.05) is 54.6 Å². The largest absolute Gasteiger partial charge is 0.457 e. The number of nitrogens with zero attached hydrogens (tertiary/aromatic N) is 3. The minimum Gasteiger partial charge on any atom is -0.457 e. The van der Waals surface area contributed by atoms with Gasteiger partial charge in [-0.3, -0.25) is 14.5 Å². The molecule has 6 rings (SSSR count). The fraction of sp³-hybridized carbons (Fsp3) is 0.250. The molecule has 35 heavy (non-hydrogen) atoms. The van der Waals surface area contributed by atoms with Gasteiger partial charge in [0.25, 0.3) is 5.91 Å². The molecule has 2 aliphatic heterocycles. The summed E-state index contributed by atoms with van der Waals surface area (Å²) in [4.78, 5) is 34.2. The highest BCUT2D eigenvalue weighted by molar-refractivity contribution is 6.22. The summed E-state index contributed by atoms with van der Waals surface area (Å²) in [5.41, 5.74) is 2.25. The molecule has 2 amide bonds. The molecule has 1 aromatic heterocycles. The van der Waals surface area contributed by atoms with E-state index in [1.165, 1.54) is 4.90 Å². The lowest BCUT2D eigenvalue weighted by Gasteiger charge is -2.33. The van der Waals surface area contributed by atoms with Gasteiger partial charge in [0.05, 0.1) is 18.2 Å². The molecule has 2 fully saturated rings. The number of fused-ring (bicyclic) bond motifs is 1. The van der Waals surface area contributed by atoms with Crippen LogP contribution in [0.5, 0.6) is 11.5 Å². The number of carbonyl (C=O) groups excluding carboxylic acids is 2. The highest BCUT2D eigenvalue weighted by Gasteiger charge is 2.43. The van der Waals surface area contributed by atoms with Crippen LogP contribution in [0.2, 0.25) is 0 Å². The highest BCUT2D eigenvalue weighted by atomic mass is 16.5. The maximum Gasteiger partial charge on any atom is 0.251 e. The molecule has 0 radical (unpaired) electrons. The van der Waals surface area contributed by atoms with Gasteiger partial charge in [-0.05, 0) is 74.5 Å². The van der Waals surface area contributed by atoms with Crippen molar-refractivity contribution in [2.75, 3.05) is 18.0 Å². The number of anilines is 1. The van der Waals surface area contributed by atoms with Crippen molar-refractivity contribution < 1.29 is 18.7 Å². The standard InChI is InChI=1S/C28H25N3O4/c32-26-18-24(30-16-14-19(15-17-30)27-29-23-8-4-5-9-25(23)35-27)28(33)31(26)20-10-12-22(13-11-20)34-21-6-2-1-3-7-21/h1-13,19,24H,14-18H2. The number of carbonyl (C=O) groups is 2. The zero-order chi connectivity index (χ0) is 23.8. The number of rotatable bonds is 5. The zero-order valence-corrected chi connectivity index (χ0v) is 19.2. The van der Waals surface area contributed by atoms with E-state index in [-0.39, 0.29) is 24.2 Å². The van der Waals surface area contributed by atoms with Crippen molar-refractivity contribution in [3.8, 4) is 11.5 Å². The fourth-order valence-corrected chi connectivity index (χ4v) is 4.98. The molecule has 176 valence electrons. The third-order valence-electron chi connectivity index (χ3n) is 6.83. The Hall–Kier alpha value is -3.97. The first-order valence-electron chi connectivity index (χ1n) is 11.9. The van der Waals surface area contributed by atoms with Gasteiger partial charge in [0, 0.05) is 5.92 Å². The minimum absolute atomic E-state index is 0.160. The molecule has 0 spiro atoms. The van der Waals surface area contributed by atoms with Crippen molar-refractivity contribution in [1.82, 2.24) is 9.88 Å². The Bertz CT molecular complexity index is 1330. The van der Waals surface area contributed by atoms with Crippen molar-refractivity contribution in [2.45, 2.75) is 31.2 Å². The van der Waals surface area contributed by atoms with Gasteiger partial charge in [0.15, 0.2) is 11.5 Å². The van der Waals surface area contributed by atoms with Gasteiger partial charge in [-0.1, -0.05) is 30.3 Å². The predicted molar refractivity (Wildman–Crippen MR) is 131 cm³/mol. The summed E-state index contributed by atoms with van der Waals surface area (Å²) >= 11 is 0. The van der Waals surface area contributed by atoms with Crippen molar-refractivity contribution >= 4 is 28.6 Å². The smallest absolute Gasteiger partial charge is 0.251 e. The van der Waals surface area contributed by atoms with Crippen LogP contribution in [-0.2, 0) is 9.59 Å². The van der Waals surface area contributed by atoms with E-state index in [0.717, 1.165) is 48.7 Å². The van der Waals surface area contributed by atoms with Crippen LogP contribution < -0.4 is 9.64 Å². The van der Waals surface area contributed by atoms with E-state index in [4.69, 9.17) is 9.15 Å². The van der Waals surface area contributed by atoms with Crippen molar-refractivity contribution in [3.05, 3.63) is 84.8 Å². The third-order valence-corrected chi connectivity index (χ3v) is 6.83. The van der Waals surface area contributed by atoms with E-state index in [2.05, 4.69) is 9.88 Å². The van der Waals surface area contributed by atoms with Gasteiger partial charge in [0.2, 0.25) is 5.91 Å². The van der Waals surface area contributed by atoms with Gasteiger partial charge in [0.1, 0.15) is 17.0 Å². The fourth-order valence-electron chi connectivity index (χ4n) is 4.98. The average molecular weight is 468 g/mol. The monoisotopic (exact) mass is 467 g/mol. The normalized spacial score (nSPS) is 19.5. The van der Waals surface area contributed by atoms with Crippen molar-refractivity contribution in [2.24, 2.45) is 0 Å². The summed E-state index contributed by atoms with van der Waals surface area (Å²) in [7, 11) is 0. The number of hydrogen-bond donors (Lipinski definition) is 0. The number of ether oxygens (including phenoxy) is 1. The van der Waals surface area contributed by atoms with E-state index >= 15 is 0 Å². The summed E-state index contributed by atoms with van der Waals surface area (Å²) in [6.45, 7) is 1.45. The van der Waals surface area contributed by atoms with Crippen molar-refractivity contribution in [3.63, 3.8) is 0 Å². The first-order chi connectivity index (χ1) is 17.2. The van der Waals surface area contributed by atoms with Crippen LogP contribution in [0, 0.1) is 0 Å². The number of piperidine rings is 1. The first kappa shape index (κ1) is 21.6. The molecular formula is C28H25N3O4. The quantitative estimate of drug-likeness (QED) is 0.379. The molecule has 7 heteroatoms. The van der Waals surface area contributed by atoms with Crippen LogP contribution in [0.3, 0.4) is 0 Å². The number of benzene rings is 3. The molecule has 3 aromatic carbocycles. The summed E-state index contributed by atoms with van der Waals surface area (Å²) in [5, 5.41) is 0. The van der Waals surface area contributed by atoms with Crippen LogP contribution in [0.15, 0.2) is 83.3 Å². The van der Waals surface area contributed by atoms with Gasteiger partial charge in [-0.2, -0.15) is 0 Å². The summed E-state index contributed by atoms with van der Waals surface area (Å²) in [5.74, 6) is 2.04. The van der Waals surface area contributed by atoms with Crippen LogP contribution in [0.4, 0.5) is 5.69 Å². The van der Waals surface area contributed by atoms with Gasteiger partial charge >= 0.3 is 0 Å². The third kappa shape index (κ3) is 4.19. The first-order valence-corrected chi connectivity index (χ1v) is 11.9. The Morgan fingerprint density at radius 1 is 0.829 bits per heavy atom. The maximum atomic E-state index is 13.3. The Kier molecular flexibility index (Phi) is 5.54. The van der Waals surface area contributed by atoms with Gasteiger partial charge in [-0.25, -0.2) is 9.88 Å². The Labute approximate surface area is 202 Å². The molecule has 4 aromatic rings. The van der Waals surface area contributed by atoms with Gasteiger partial charge in [-0.15, -0.1) is 0 Å². The minimum atomic E-state index is -0.424. The second kappa shape index (κ2) is 9.00. The van der Waals surface area contributed by atoms with Crippen molar-refractivity contribution in [1.29, 1.82) is 0 Å². The molecule has 2 saturated heterocycles. The number of amides is 2. The zero-order valence-electron chi connectivity index (χ0n) is 19.2. The lowest BCUT2D eigenvalue weighted by Crippen LogP contribution is -2.45. The molecule has 0 aliphatic carbocycles. The van der Waals surface area contributed by atoms with E-state index in [1.54, 1.807) is 24.3 Å². The Morgan fingerprint density at radius 3 is 2.26 bits per heavy atom. The number of hydrogen-bond acceptors (Lipinski definition) is 6. The maximum absolute atomic E-state index is 13.3. The van der Waals surface area contributed by atoms with Crippen LogP contribution >= 0.6 is 0 Å². The summed E-state index contributed by atoms with van der Waals surface area (Å²) < 4.78 is 11.8. The van der Waals surface area contributed by atoms with Crippen LogP contribution in [-0.4, -0.2) is 40.8 Å². The molecule has 1 unspecified atom stereocenters. The predicted octanol–water partition coefficient (Wildman–Crippen LogP) is 5.13. The topological polar surface area (TPSA) is 75.9 Å². The second-order valence-electron chi connectivity index (χ2n) is 9.03. The molecular weight excluding hydrogens is 442 g/mol. The summed E-state index contributed by atoms with van der Waals surface area (Å²) in [6.07, 6.45) is 1.89. The Balaban J connectivity index is 1.10. The van der Waals surface area contributed by atoms with Crippen LogP contribution in [0.25, 0.3) is 11.1 Å². The lowest BCUT2D eigenvalue weighted by atomic mass is 9.95. The molecule has 0 saturated carbocycles. The number of oxazole rings is 1. The second-order valence-corrected chi connectivity index (χ2v) is 9.03. The molecule has 3 heterocycles. The van der Waals surface area contributed by atoms with Crippen LogP contribution in [0.1, 0.15) is 31.1 Å².